The molecule has 0 radical (unpaired) electrons. The number of amides is 1. The zero-order valence-electron chi connectivity index (χ0n) is 11.1. The molecule has 0 saturated heterocycles. The van der Waals surface area contributed by atoms with E-state index in [-0.39, 0.29) is 16.9 Å². The Hall–Kier alpha value is -2.21. The maximum absolute atomic E-state index is 13.6. The lowest BCUT2D eigenvalue weighted by Crippen LogP contribution is -2.30. The standard InChI is InChI=1S/C14H16FN3O2/c1-9(19)17-6-5-16-8-10-7-13(20)11-3-2-4-12(15)14(11)18-10/h2-4,7,16H,5-6,8H2,1H3,(H,17,19)(H,18,20). The van der Waals surface area contributed by atoms with Gasteiger partial charge in [-0.2, -0.15) is 0 Å². The number of carbonyl (C=O) groups is 1. The van der Waals surface area contributed by atoms with Crippen molar-refractivity contribution >= 4 is 16.8 Å². The molecule has 1 heterocycles. The molecule has 0 unspecified atom stereocenters. The Kier molecular flexibility index (Phi) is 4.47. The second-order valence-corrected chi connectivity index (χ2v) is 4.48. The van der Waals surface area contributed by atoms with E-state index in [4.69, 9.17) is 0 Å². The third kappa shape index (κ3) is 3.42. The van der Waals surface area contributed by atoms with Gasteiger partial charge in [-0.15, -0.1) is 0 Å². The number of rotatable bonds is 5. The van der Waals surface area contributed by atoms with Crippen LogP contribution in [0.1, 0.15) is 12.6 Å². The van der Waals surface area contributed by atoms with E-state index in [1.807, 2.05) is 0 Å². The van der Waals surface area contributed by atoms with Crippen molar-refractivity contribution in [1.29, 1.82) is 0 Å². The molecule has 20 heavy (non-hydrogen) atoms. The molecule has 0 aliphatic carbocycles. The number of aromatic nitrogens is 1. The molecule has 1 amide bonds. The topological polar surface area (TPSA) is 74.0 Å². The molecule has 3 N–H and O–H groups in total. The number of fused-ring (bicyclic) bond motifs is 1. The van der Waals surface area contributed by atoms with Crippen LogP contribution in [0, 0.1) is 5.82 Å². The minimum atomic E-state index is -0.445. The molecule has 2 aromatic rings. The van der Waals surface area contributed by atoms with Gasteiger partial charge in [-0.1, -0.05) is 6.07 Å². The van der Waals surface area contributed by atoms with Crippen LogP contribution in [-0.2, 0) is 11.3 Å². The molecule has 0 bridgehead atoms. The third-order valence-corrected chi connectivity index (χ3v) is 2.86. The molecule has 0 aliphatic heterocycles. The summed E-state index contributed by atoms with van der Waals surface area (Å²) in [4.78, 5) is 25.4. The molecule has 0 spiro atoms. The van der Waals surface area contributed by atoms with Crippen molar-refractivity contribution in [2.75, 3.05) is 13.1 Å². The van der Waals surface area contributed by atoms with Gasteiger partial charge in [0.2, 0.25) is 5.91 Å². The number of aromatic amines is 1. The quantitative estimate of drug-likeness (QED) is 0.711. The van der Waals surface area contributed by atoms with Gasteiger partial charge in [-0.05, 0) is 12.1 Å². The SMILES string of the molecule is CC(=O)NCCNCc1cc(=O)c2cccc(F)c2[nH]1. The number of nitrogens with one attached hydrogen (secondary N) is 3. The van der Waals surface area contributed by atoms with Crippen LogP contribution >= 0.6 is 0 Å². The molecule has 5 nitrogen and oxygen atoms in total. The summed E-state index contributed by atoms with van der Waals surface area (Å²) in [5.74, 6) is -0.535. The van der Waals surface area contributed by atoms with Gasteiger partial charge in [0.15, 0.2) is 5.43 Å². The first-order valence-corrected chi connectivity index (χ1v) is 6.33. The molecular weight excluding hydrogens is 261 g/mol. The summed E-state index contributed by atoms with van der Waals surface area (Å²) in [6.45, 7) is 2.92. The van der Waals surface area contributed by atoms with Gasteiger partial charge in [-0.25, -0.2) is 4.39 Å². The number of H-pyrrole nitrogens is 1. The van der Waals surface area contributed by atoms with E-state index in [9.17, 15) is 14.0 Å². The van der Waals surface area contributed by atoms with E-state index in [2.05, 4.69) is 15.6 Å². The summed E-state index contributed by atoms with van der Waals surface area (Å²) < 4.78 is 13.6. The van der Waals surface area contributed by atoms with Gasteiger partial charge in [0.25, 0.3) is 0 Å². The summed E-state index contributed by atoms with van der Waals surface area (Å²) in [5, 5.41) is 6.05. The number of benzene rings is 1. The lowest BCUT2D eigenvalue weighted by atomic mass is 10.2. The molecule has 1 aromatic heterocycles. The molecular formula is C14H16FN3O2. The zero-order valence-corrected chi connectivity index (χ0v) is 11.1. The maximum atomic E-state index is 13.6. The number of para-hydroxylation sites is 1. The maximum Gasteiger partial charge on any atom is 0.216 e. The molecule has 0 atom stereocenters. The Morgan fingerprint density at radius 1 is 1.35 bits per heavy atom. The van der Waals surface area contributed by atoms with E-state index in [1.165, 1.54) is 25.1 Å². The fourth-order valence-corrected chi connectivity index (χ4v) is 1.93. The third-order valence-electron chi connectivity index (χ3n) is 2.86. The minimum Gasteiger partial charge on any atom is -0.355 e. The van der Waals surface area contributed by atoms with Crippen LogP contribution in [-0.4, -0.2) is 24.0 Å². The Balaban J connectivity index is 2.06. The normalized spacial score (nSPS) is 10.7. The molecule has 0 saturated carbocycles. The van der Waals surface area contributed by atoms with Crippen molar-refractivity contribution in [2.24, 2.45) is 0 Å². The molecule has 0 fully saturated rings. The first kappa shape index (κ1) is 14.2. The van der Waals surface area contributed by atoms with Crippen molar-refractivity contribution in [2.45, 2.75) is 13.5 Å². The van der Waals surface area contributed by atoms with Crippen molar-refractivity contribution in [3.63, 3.8) is 0 Å². The van der Waals surface area contributed by atoms with Crippen LogP contribution < -0.4 is 16.1 Å². The highest BCUT2D eigenvalue weighted by Gasteiger charge is 2.05. The zero-order chi connectivity index (χ0) is 14.5. The average Bonchev–Trinajstić information content (AvgIpc) is 2.39. The first-order chi connectivity index (χ1) is 9.58. The van der Waals surface area contributed by atoms with Crippen LogP contribution in [0.15, 0.2) is 29.1 Å². The van der Waals surface area contributed by atoms with Gasteiger partial charge in [0.1, 0.15) is 5.82 Å². The second-order valence-electron chi connectivity index (χ2n) is 4.48. The monoisotopic (exact) mass is 277 g/mol. The average molecular weight is 277 g/mol. The van der Waals surface area contributed by atoms with E-state index >= 15 is 0 Å². The number of hydrogen-bond acceptors (Lipinski definition) is 3. The van der Waals surface area contributed by atoms with E-state index in [0.29, 0.717) is 30.7 Å². The van der Waals surface area contributed by atoms with Gasteiger partial charge >= 0.3 is 0 Å². The van der Waals surface area contributed by atoms with Crippen LogP contribution in [0.4, 0.5) is 4.39 Å². The highest BCUT2D eigenvalue weighted by atomic mass is 19.1. The van der Waals surface area contributed by atoms with Crippen LogP contribution in [0.2, 0.25) is 0 Å². The molecule has 6 heteroatoms. The summed E-state index contributed by atoms with van der Waals surface area (Å²) in [6, 6.07) is 5.86. The van der Waals surface area contributed by atoms with Crippen molar-refractivity contribution in [3.05, 3.63) is 46.0 Å². The van der Waals surface area contributed by atoms with E-state index in [0.717, 1.165) is 0 Å². The summed E-state index contributed by atoms with van der Waals surface area (Å²) >= 11 is 0. The summed E-state index contributed by atoms with van der Waals surface area (Å²) in [7, 11) is 0. The second kappa shape index (κ2) is 6.29. The van der Waals surface area contributed by atoms with Crippen molar-refractivity contribution < 1.29 is 9.18 Å². The number of pyridine rings is 1. The largest absolute Gasteiger partial charge is 0.355 e. The van der Waals surface area contributed by atoms with Crippen molar-refractivity contribution in [3.8, 4) is 0 Å². The Morgan fingerprint density at radius 2 is 2.15 bits per heavy atom. The number of carbonyl (C=O) groups excluding carboxylic acids is 1. The van der Waals surface area contributed by atoms with Crippen molar-refractivity contribution in [1.82, 2.24) is 15.6 Å². The van der Waals surface area contributed by atoms with Gasteiger partial charge < -0.3 is 15.6 Å². The van der Waals surface area contributed by atoms with E-state index < -0.39 is 5.82 Å². The van der Waals surface area contributed by atoms with Gasteiger partial charge in [-0.3, -0.25) is 9.59 Å². The molecule has 2 rings (SSSR count). The highest BCUT2D eigenvalue weighted by Crippen LogP contribution is 2.12. The fraction of sp³-hybridized carbons (Fsp3) is 0.286. The fourth-order valence-electron chi connectivity index (χ4n) is 1.93. The predicted octanol–water partition coefficient (Wildman–Crippen LogP) is 0.893. The molecule has 0 aliphatic rings. The predicted molar refractivity (Wildman–Crippen MR) is 74.9 cm³/mol. The number of hydrogen-bond donors (Lipinski definition) is 3. The Labute approximate surface area is 115 Å². The lowest BCUT2D eigenvalue weighted by molar-refractivity contribution is -0.118. The Morgan fingerprint density at radius 3 is 2.90 bits per heavy atom. The molecule has 1 aromatic carbocycles. The van der Waals surface area contributed by atoms with E-state index in [1.54, 1.807) is 6.07 Å². The van der Waals surface area contributed by atoms with Gasteiger partial charge in [0.05, 0.1) is 5.52 Å². The van der Waals surface area contributed by atoms with Gasteiger partial charge in [0, 0.05) is 43.7 Å². The van der Waals surface area contributed by atoms with Crippen LogP contribution in [0.25, 0.3) is 10.9 Å². The minimum absolute atomic E-state index is 0.0898. The smallest absolute Gasteiger partial charge is 0.216 e. The number of halogens is 1. The summed E-state index contributed by atoms with van der Waals surface area (Å²) in [6.07, 6.45) is 0. The first-order valence-electron chi connectivity index (χ1n) is 6.33. The summed E-state index contributed by atoms with van der Waals surface area (Å²) in [5.41, 5.74) is 0.617. The highest BCUT2D eigenvalue weighted by molar-refractivity contribution is 5.78. The Bertz CT molecular complexity index is 682. The van der Waals surface area contributed by atoms with Crippen LogP contribution in [0.5, 0.6) is 0 Å². The lowest BCUT2D eigenvalue weighted by Gasteiger charge is -2.07. The molecule has 106 valence electrons. The van der Waals surface area contributed by atoms with Crippen LogP contribution in [0.3, 0.4) is 0 Å².